The SMILES string of the molecule is COc1ccc2[nH]c(CSc3nc(C)c(C)o3)nc2n1. The van der Waals surface area contributed by atoms with Gasteiger partial charge >= 0.3 is 0 Å². The fourth-order valence-electron chi connectivity index (χ4n) is 1.74. The molecule has 0 amide bonds. The molecule has 104 valence electrons. The van der Waals surface area contributed by atoms with Crippen LogP contribution in [0.2, 0.25) is 0 Å². The first kappa shape index (κ1) is 13.0. The highest BCUT2D eigenvalue weighted by molar-refractivity contribution is 7.98. The van der Waals surface area contributed by atoms with Crippen LogP contribution < -0.4 is 4.74 Å². The zero-order valence-corrected chi connectivity index (χ0v) is 12.2. The average Bonchev–Trinajstić information content (AvgIpc) is 2.99. The highest BCUT2D eigenvalue weighted by Gasteiger charge is 2.09. The first-order chi connectivity index (χ1) is 9.65. The number of hydrogen-bond donors (Lipinski definition) is 1. The van der Waals surface area contributed by atoms with Crippen LogP contribution >= 0.6 is 11.8 Å². The van der Waals surface area contributed by atoms with Crippen molar-refractivity contribution >= 4 is 22.9 Å². The molecule has 0 aliphatic rings. The van der Waals surface area contributed by atoms with E-state index in [-0.39, 0.29) is 0 Å². The molecule has 0 atom stereocenters. The van der Waals surface area contributed by atoms with Crippen molar-refractivity contribution in [2.45, 2.75) is 24.8 Å². The van der Waals surface area contributed by atoms with Gasteiger partial charge in [0, 0.05) is 6.07 Å². The number of nitrogens with zero attached hydrogens (tertiary/aromatic N) is 3. The number of H-pyrrole nitrogens is 1. The Morgan fingerprint density at radius 3 is 2.80 bits per heavy atom. The molecular formula is C13H14N4O2S. The minimum Gasteiger partial charge on any atom is -0.481 e. The molecule has 0 radical (unpaired) electrons. The molecule has 0 aromatic carbocycles. The Morgan fingerprint density at radius 2 is 2.10 bits per heavy atom. The van der Waals surface area contributed by atoms with Gasteiger partial charge in [-0.25, -0.2) is 9.97 Å². The van der Waals surface area contributed by atoms with E-state index in [9.17, 15) is 0 Å². The number of aromatic nitrogens is 4. The summed E-state index contributed by atoms with van der Waals surface area (Å²) in [5, 5.41) is 0.658. The number of rotatable bonds is 4. The van der Waals surface area contributed by atoms with Crippen LogP contribution in [-0.2, 0) is 5.75 Å². The first-order valence-electron chi connectivity index (χ1n) is 6.12. The summed E-state index contributed by atoms with van der Waals surface area (Å²) in [5.41, 5.74) is 2.46. The molecule has 0 aliphatic carbocycles. The van der Waals surface area contributed by atoms with E-state index in [1.54, 1.807) is 13.2 Å². The lowest BCUT2D eigenvalue weighted by molar-refractivity contribution is 0.399. The van der Waals surface area contributed by atoms with Crippen molar-refractivity contribution in [3.05, 3.63) is 29.4 Å². The Labute approximate surface area is 120 Å². The quantitative estimate of drug-likeness (QED) is 0.744. The van der Waals surface area contributed by atoms with E-state index in [0.29, 0.717) is 22.5 Å². The molecular weight excluding hydrogens is 276 g/mol. The number of ether oxygens (including phenoxy) is 1. The zero-order chi connectivity index (χ0) is 14.1. The van der Waals surface area contributed by atoms with E-state index in [2.05, 4.69) is 19.9 Å². The van der Waals surface area contributed by atoms with Crippen LogP contribution in [0, 0.1) is 13.8 Å². The fraction of sp³-hybridized carbons (Fsp3) is 0.308. The Balaban J connectivity index is 1.77. The number of imidazole rings is 1. The first-order valence-corrected chi connectivity index (χ1v) is 7.10. The van der Waals surface area contributed by atoms with Crippen molar-refractivity contribution in [3.8, 4) is 5.88 Å². The number of aromatic amines is 1. The van der Waals surface area contributed by atoms with Crippen LogP contribution in [-0.4, -0.2) is 27.0 Å². The van der Waals surface area contributed by atoms with Crippen LogP contribution in [0.1, 0.15) is 17.3 Å². The van der Waals surface area contributed by atoms with Gasteiger partial charge in [0.15, 0.2) is 5.65 Å². The van der Waals surface area contributed by atoms with Crippen molar-refractivity contribution in [3.63, 3.8) is 0 Å². The number of nitrogens with one attached hydrogen (secondary N) is 1. The summed E-state index contributed by atoms with van der Waals surface area (Å²) in [4.78, 5) is 16.2. The summed E-state index contributed by atoms with van der Waals surface area (Å²) in [7, 11) is 1.59. The molecule has 6 nitrogen and oxygen atoms in total. The predicted octanol–water partition coefficient (Wildman–Crippen LogP) is 2.86. The number of fused-ring (bicyclic) bond motifs is 1. The van der Waals surface area contributed by atoms with Crippen molar-refractivity contribution in [2.24, 2.45) is 0 Å². The molecule has 20 heavy (non-hydrogen) atoms. The molecule has 0 saturated carbocycles. The Morgan fingerprint density at radius 1 is 1.25 bits per heavy atom. The number of methoxy groups -OCH3 is 1. The number of hydrogen-bond acceptors (Lipinski definition) is 6. The molecule has 3 aromatic rings. The predicted molar refractivity (Wildman–Crippen MR) is 76.0 cm³/mol. The van der Waals surface area contributed by atoms with E-state index in [0.717, 1.165) is 22.8 Å². The Kier molecular flexibility index (Phi) is 3.35. The third-order valence-corrected chi connectivity index (χ3v) is 3.76. The highest BCUT2D eigenvalue weighted by Crippen LogP contribution is 2.24. The molecule has 0 spiro atoms. The second kappa shape index (κ2) is 5.16. The van der Waals surface area contributed by atoms with Gasteiger partial charge in [0.1, 0.15) is 11.6 Å². The van der Waals surface area contributed by atoms with Gasteiger partial charge in [0.05, 0.1) is 24.1 Å². The summed E-state index contributed by atoms with van der Waals surface area (Å²) in [6, 6.07) is 3.71. The molecule has 7 heteroatoms. The molecule has 0 fully saturated rings. The van der Waals surface area contributed by atoms with Crippen molar-refractivity contribution < 1.29 is 9.15 Å². The standard InChI is InChI=1S/C13H14N4O2S/c1-7-8(2)19-13(14-7)20-6-10-15-9-4-5-11(18-3)17-12(9)16-10/h4-5H,6H2,1-3H3,(H,15,16,17). The van der Waals surface area contributed by atoms with E-state index in [1.165, 1.54) is 11.8 Å². The minimum absolute atomic E-state index is 0.558. The second-order valence-electron chi connectivity index (χ2n) is 4.32. The molecule has 0 aliphatic heterocycles. The van der Waals surface area contributed by atoms with Crippen LogP contribution in [0.3, 0.4) is 0 Å². The highest BCUT2D eigenvalue weighted by atomic mass is 32.2. The summed E-state index contributed by atoms with van der Waals surface area (Å²) in [5.74, 6) is 2.89. The van der Waals surface area contributed by atoms with E-state index in [1.807, 2.05) is 19.9 Å². The third-order valence-electron chi connectivity index (χ3n) is 2.92. The topological polar surface area (TPSA) is 76.8 Å². The fourth-order valence-corrected chi connectivity index (χ4v) is 2.52. The van der Waals surface area contributed by atoms with Gasteiger partial charge in [0.2, 0.25) is 5.88 Å². The molecule has 1 N–H and O–H groups in total. The van der Waals surface area contributed by atoms with Gasteiger partial charge in [-0.15, -0.1) is 0 Å². The van der Waals surface area contributed by atoms with Gasteiger partial charge in [-0.05, 0) is 19.9 Å². The number of aryl methyl sites for hydroxylation is 2. The van der Waals surface area contributed by atoms with E-state index < -0.39 is 0 Å². The second-order valence-corrected chi connectivity index (χ2v) is 5.24. The Bertz CT molecular complexity index is 730. The van der Waals surface area contributed by atoms with Crippen LogP contribution in [0.4, 0.5) is 0 Å². The smallest absolute Gasteiger partial charge is 0.256 e. The molecule has 0 saturated heterocycles. The van der Waals surface area contributed by atoms with E-state index >= 15 is 0 Å². The molecule has 0 bridgehead atoms. The van der Waals surface area contributed by atoms with Crippen LogP contribution in [0.5, 0.6) is 5.88 Å². The molecule has 3 aromatic heterocycles. The molecule has 3 heterocycles. The Hall–Kier alpha value is -2.02. The maximum absolute atomic E-state index is 5.52. The van der Waals surface area contributed by atoms with Crippen molar-refractivity contribution in [2.75, 3.05) is 7.11 Å². The number of oxazole rings is 1. The van der Waals surface area contributed by atoms with Crippen LogP contribution in [0.25, 0.3) is 11.2 Å². The van der Waals surface area contributed by atoms with E-state index in [4.69, 9.17) is 9.15 Å². The third kappa shape index (κ3) is 2.49. The largest absolute Gasteiger partial charge is 0.481 e. The van der Waals surface area contributed by atoms with Gasteiger partial charge < -0.3 is 14.1 Å². The summed E-state index contributed by atoms with van der Waals surface area (Å²) >= 11 is 1.50. The lowest BCUT2D eigenvalue weighted by atomic mass is 10.4. The summed E-state index contributed by atoms with van der Waals surface area (Å²) in [6.45, 7) is 3.84. The monoisotopic (exact) mass is 290 g/mol. The summed E-state index contributed by atoms with van der Waals surface area (Å²) in [6.07, 6.45) is 0. The zero-order valence-electron chi connectivity index (χ0n) is 11.4. The maximum atomic E-state index is 5.52. The maximum Gasteiger partial charge on any atom is 0.256 e. The normalized spacial score (nSPS) is 11.2. The summed E-state index contributed by atoms with van der Waals surface area (Å²) < 4.78 is 10.6. The number of pyridine rings is 1. The number of thioether (sulfide) groups is 1. The van der Waals surface area contributed by atoms with Gasteiger partial charge in [-0.3, -0.25) is 0 Å². The van der Waals surface area contributed by atoms with Crippen molar-refractivity contribution in [1.82, 2.24) is 19.9 Å². The molecule has 3 rings (SSSR count). The van der Waals surface area contributed by atoms with Gasteiger partial charge in [0.25, 0.3) is 5.22 Å². The molecule has 0 unspecified atom stereocenters. The minimum atomic E-state index is 0.558. The lowest BCUT2D eigenvalue weighted by Gasteiger charge is -1.95. The van der Waals surface area contributed by atoms with Gasteiger partial charge in [-0.2, -0.15) is 4.98 Å². The average molecular weight is 290 g/mol. The van der Waals surface area contributed by atoms with Crippen molar-refractivity contribution in [1.29, 1.82) is 0 Å². The lowest BCUT2D eigenvalue weighted by Crippen LogP contribution is -1.86. The van der Waals surface area contributed by atoms with Gasteiger partial charge in [-0.1, -0.05) is 11.8 Å². The van der Waals surface area contributed by atoms with Crippen LogP contribution in [0.15, 0.2) is 21.8 Å².